The van der Waals surface area contributed by atoms with Gasteiger partial charge in [0.25, 0.3) is 0 Å². The van der Waals surface area contributed by atoms with E-state index in [0.717, 1.165) is 5.56 Å². The summed E-state index contributed by atoms with van der Waals surface area (Å²) >= 11 is 8.26. The second-order valence-corrected chi connectivity index (χ2v) is 5.46. The number of hydrogen-bond donors (Lipinski definition) is 0. The molecule has 0 fully saturated rings. The molecule has 0 saturated carbocycles. The molecule has 19 heavy (non-hydrogen) atoms. The molecular weight excluding hydrogens is 375 g/mol. The first-order valence-corrected chi connectivity index (χ1v) is 7.61. The molecule has 3 rings (SSSR count). The number of halogens is 2. The van der Waals surface area contributed by atoms with Crippen LogP contribution in [0.2, 0.25) is 5.02 Å². The lowest BCUT2D eigenvalue weighted by molar-refractivity contribution is 0.0978. The van der Waals surface area contributed by atoms with Crippen LogP contribution in [0.4, 0.5) is 0 Å². The molecule has 0 N–H and O–H groups in total. The van der Waals surface area contributed by atoms with Gasteiger partial charge in [-0.2, -0.15) is 0 Å². The van der Waals surface area contributed by atoms with Crippen LogP contribution in [-0.2, 0) is 4.43 Å². The summed E-state index contributed by atoms with van der Waals surface area (Å²) in [6.45, 7) is 0. The van der Waals surface area contributed by atoms with E-state index in [1.54, 1.807) is 30.3 Å². The van der Waals surface area contributed by atoms with Crippen LogP contribution < -0.4 is 0 Å². The molecule has 0 bridgehead atoms. The maximum atomic E-state index is 12.6. The number of carbonyl (C=O) groups is 2. The van der Waals surface area contributed by atoms with E-state index in [4.69, 9.17) is 11.6 Å². The lowest BCUT2D eigenvalue weighted by atomic mass is 9.82. The second kappa shape index (κ2) is 4.72. The van der Waals surface area contributed by atoms with Crippen LogP contribution >= 0.6 is 34.2 Å². The van der Waals surface area contributed by atoms with Crippen LogP contribution in [-0.4, -0.2) is 11.6 Å². The van der Waals surface area contributed by atoms with Crippen LogP contribution in [0.25, 0.3) is 0 Å². The summed E-state index contributed by atoms with van der Waals surface area (Å²) in [7, 11) is 0. The van der Waals surface area contributed by atoms with Gasteiger partial charge in [-0.3, -0.25) is 9.59 Å². The van der Waals surface area contributed by atoms with Crippen LogP contribution in [0.5, 0.6) is 0 Å². The zero-order valence-corrected chi connectivity index (χ0v) is 12.7. The Morgan fingerprint density at radius 1 is 0.895 bits per heavy atom. The molecule has 1 aliphatic carbocycles. The molecule has 0 amide bonds. The third-order valence-electron chi connectivity index (χ3n) is 3.25. The van der Waals surface area contributed by atoms with E-state index >= 15 is 0 Å². The molecule has 94 valence electrons. The minimum Gasteiger partial charge on any atom is -0.289 e. The number of rotatable bonds is 1. The molecule has 2 aromatic carbocycles. The standard InChI is InChI=1S/C15H8ClIO2/c16-11-6-2-5-10-13(11)15(19)9-4-1-3-8(7-17)12(9)14(10)18/h1-6H,7H2. The fraction of sp³-hybridized carbons (Fsp3) is 0.0667. The molecular formula is C15H8ClIO2. The Balaban J connectivity index is 2.36. The van der Waals surface area contributed by atoms with E-state index < -0.39 is 0 Å². The van der Waals surface area contributed by atoms with Crippen molar-refractivity contribution in [3.8, 4) is 0 Å². The topological polar surface area (TPSA) is 34.1 Å². The van der Waals surface area contributed by atoms with E-state index in [0.29, 0.717) is 31.7 Å². The third kappa shape index (κ3) is 1.83. The monoisotopic (exact) mass is 382 g/mol. The highest BCUT2D eigenvalue weighted by Gasteiger charge is 2.32. The lowest BCUT2D eigenvalue weighted by Gasteiger charge is -2.20. The van der Waals surface area contributed by atoms with Crippen molar-refractivity contribution in [2.24, 2.45) is 0 Å². The Labute approximate surface area is 128 Å². The Kier molecular flexibility index (Phi) is 3.19. The smallest absolute Gasteiger partial charge is 0.196 e. The van der Waals surface area contributed by atoms with Crippen LogP contribution in [0.3, 0.4) is 0 Å². The third-order valence-corrected chi connectivity index (χ3v) is 4.39. The number of alkyl halides is 1. The summed E-state index contributed by atoms with van der Waals surface area (Å²) in [5.41, 5.74) is 2.60. The predicted molar refractivity (Wildman–Crippen MR) is 82.5 cm³/mol. The van der Waals surface area contributed by atoms with Gasteiger partial charge in [0.15, 0.2) is 11.6 Å². The van der Waals surface area contributed by atoms with Crippen molar-refractivity contribution in [3.05, 3.63) is 69.2 Å². The Hall–Kier alpha value is -1.20. The Morgan fingerprint density at radius 3 is 2.16 bits per heavy atom. The van der Waals surface area contributed by atoms with Gasteiger partial charge >= 0.3 is 0 Å². The number of benzene rings is 2. The number of ketones is 2. The van der Waals surface area contributed by atoms with Gasteiger partial charge in [-0.1, -0.05) is 64.5 Å². The van der Waals surface area contributed by atoms with E-state index in [1.165, 1.54) is 0 Å². The maximum absolute atomic E-state index is 12.6. The van der Waals surface area contributed by atoms with Crippen molar-refractivity contribution in [2.75, 3.05) is 0 Å². The molecule has 0 aliphatic heterocycles. The molecule has 0 saturated heterocycles. The number of fused-ring (bicyclic) bond motifs is 2. The molecule has 0 atom stereocenters. The van der Waals surface area contributed by atoms with E-state index in [2.05, 4.69) is 22.6 Å². The number of hydrogen-bond acceptors (Lipinski definition) is 2. The van der Waals surface area contributed by atoms with E-state index in [-0.39, 0.29) is 11.6 Å². The molecule has 2 aromatic rings. The highest BCUT2D eigenvalue weighted by atomic mass is 127. The number of carbonyl (C=O) groups excluding carboxylic acids is 2. The van der Waals surface area contributed by atoms with Gasteiger partial charge in [0, 0.05) is 21.1 Å². The van der Waals surface area contributed by atoms with Crippen molar-refractivity contribution in [3.63, 3.8) is 0 Å². The van der Waals surface area contributed by atoms with Crippen molar-refractivity contribution in [1.29, 1.82) is 0 Å². The molecule has 0 aromatic heterocycles. The van der Waals surface area contributed by atoms with Gasteiger partial charge in [-0.25, -0.2) is 0 Å². The van der Waals surface area contributed by atoms with Gasteiger partial charge in [0.05, 0.1) is 10.6 Å². The predicted octanol–water partition coefficient (Wildman–Crippen LogP) is 4.05. The fourth-order valence-corrected chi connectivity index (χ4v) is 3.28. The summed E-state index contributed by atoms with van der Waals surface area (Å²) in [5.74, 6) is -0.277. The van der Waals surface area contributed by atoms with Crippen molar-refractivity contribution < 1.29 is 9.59 Å². The average molecular weight is 383 g/mol. The van der Waals surface area contributed by atoms with Gasteiger partial charge < -0.3 is 0 Å². The minimum atomic E-state index is -0.165. The first-order valence-electron chi connectivity index (χ1n) is 5.71. The van der Waals surface area contributed by atoms with Gasteiger partial charge in [-0.05, 0) is 11.6 Å². The minimum absolute atomic E-state index is 0.112. The van der Waals surface area contributed by atoms with Gasteiger partial charge in [-0.15, -0.1) is 0 Å². The molecule has 0 unspecified atom stereocenters. The van der Waals surface area contributed by atoms with Crippen molar-refractivity contribution in [2.45, 2.75) is 4.43 Å². The lowest BCUT2D eigenvalue weighted by Crippen LogP contribution is -2.22. The first kappa shape index (κ1) is 12.8. The molecule has 0 heterocycles. The summed E-state index contributed by atoms with van der Waals surface area (Å²) in [6.07, 6.45) is 0. The SMILES string of the molecule is O=C1c2cccc(CI)c2C(=O)c2cccc(Cl)c21. The van der Waals surface area contributed by atoms with Gasteiger partial charge in [0.2, 0.25) is 0 Å². The highest BCUT2D eigenvalue weighted by Crippen LogP contribution is 2.33. The van der Waals surface area contributed by atoms with Gasteiger partial charge in [0.1, 0.15) is 0 Å². The zero-order chi connectivity index (χ0) is 13.6. The normalized spacial score (nSPS) is 13.2. The second-order valence-electron chi connectivity index (χ2n) is 4.29. The zero-order valence-electron chi connectivity index (χ0n) is 9.74. The molecule has 0 spiro atoms. The first-order chi connectivity index (χ1) is 9.15. The average Bonchev–Trinajstić information content (AvgIpc) is 2.43. The molecule has 2 nitrogen and oxygen atoms in total. The summed E-state index contributed by atoms with van der Waals surface area (Å²) in [6, 6.07) is 10.4. The van der Waals surface area contributed by atoms with Crippen LogP contribution in [0.15, 0.2) is 36.4 Å². The molecule has 0 radical (unpaired) electrons. The Bertz CT molecular complexity index is 722. The summed E-state index contributed by atoms with van der Waals surface area (Å²) in [4.78, 5) is 25.1. The quantitative estimate of drug-likeness (QED) is 0.470. The summed E-state index contributed by atoms with van der Waals surface area (Å²) < 4.78 is 0.690. The van der Waals surface area contributed by atoms with E-state index in [1.807, 2.05) is 6.07 Å². The van der Waals surface area contributed by atoms with Crippen LogP contribution in [0.1, 0.15) is 37.4 Å². The maximum Gasteiger partial charge on any atom is 0.196 e. The largest absolute Gasteiger partial charge is 0.289 e. The van der Waals surface area contributed by atoms with Crippen molar-refractivity contribution in [1.82, 2.24) is 0 Å². The van der Waals surface area contributed by atoms with Crippen molar-refractivity contribution >= 4 is 45.8 Å². The fourth-order valence-electron chi connectivity index (χ4n) is 2.38. The molecule has 4 heteroatoms. The highest BCUT2D eigenvalue weighted by molar-refractivity contribution is 14.1. The van der Waals surface area contributed by atoms with Crippen LogP contribution in [0, 0.1) is 0 Å². The molecule has 1 aliphatic rings. The Morgan fingerprint density at radius 2 is 1.47 bits per heavy atom. The van der Waals surface area contributed by atoms with E-state index in [9.17, 15) is 9.59 Å². The summed E-state index contributed by atoms with van der Waals surface area (Å²) in [5, 5.41) is 0.335.